The fourth-order valence-corrected chi connectivity index (χ4v) is 3.51. The molecular weight excluding hydrogens is 251 g/mol. The Hall–Kier alpha value is -0.200. The molecule has 0 radical (unpaired) electrons. The van der Waals surface area contributed by atoms with Crippen LogP contribution in [0.1, 0.15) is 54.2 Å². The molecule has 0 nitrogen and oxygen atoms in total. The van der Waals surface area contributed by atoms with Crippen LogP contribution in [0.15, 0.2) is 12.1 Å². The maximum Gasteiger partial charge on any atom is 0.0590 e. The van der Waals surface area contributed by atoms with E-state index in [-0.39, 0.29) is 5.38 Å². The number of alkyl halides is 1. The van der Waals surface area contributed by atoms with Gasteiger partial charge in [-0.25, -0.2) is 0 Å². The zero-order valence-electron chi connectivity index (χ0n) is 10.6. The van der Waals surface area contributed by atoms with Gasteiger partial charge in [0.25, 0.3) is 0 Å². The van der Waals surface area contributed by atoms with Gasteiger partial charge in [-0.05, 0) is 48.9 Å². The zero-order valence-corrected chi connectivity index (χ0v) is 12.1. The molecule has 1 aliphatic rings. The number of aryl methyl sites for hydroxylation is 2. The Labute approximate surface area is 114 Å². The fraction of sp³-hybridized carbons (Fsp3) is 0.600. The highest BCUT2D eigenvalue weighted by atomic mass is 35.5. The number of halogens is 2. The van der Waals surface area contributed by atoms with Crippen LogP contribution in [0.25, 0.3) is 0 Å². The third-order valence-electron chi connectivity index (χ3n) is 3.90. The summed E-state index contributed by atoms with van der Waals surface area (Å²) in [5.74, 6) is 0.827. The molecule has 0 heterocycles. The van der Waals surface area contributed by atoms with Gasteiger partial charge in [-0.1, -0.05) is 43.4 Å². The first kappa shape index (κ1) is 13.2. The average Bonchev–Trinajstić information content (AvgIpc) is 2.76. The number of rotatable bonds is 3. The smallest absolute Gasteiger partial charge is 0.0590 e. The minimum absolute atomic E-state index is 0.147. The van der Waals surface area contributed by atoms with E-state index in [4.69, 9.17) is 23.2 Å². The normalized spacial score (nSPS) is 18.6. The van der Waals surface area contributed by atoms with E-state index in [2.05, 4.69) is 13.0 Å². The third kappa shape index (κ3) is 3.17. The first-order chi connectivity index (χ1) is 8.08. The van der Waals surface area contributed by atoms with E-state index in [1.807, 2.05) is 13.0 Å². The maximum absolute atomic E-state index is 6.57. The predicted molar refractivity (Wildman–Crippen MR) is 76.1 cm³/mol. The summed E-state index contributed by atoms with van der Waals surface area (Å²) in [6.07, 6.45) is 6.59. The van der Waals surface area contributed by atoms with Crippen molar-refractivity contribution >= 4 is 23.2 Å². The lowest BCUT2D eigenvalue weighted by Crippen LogP contribution is -2.02. The van der Waals surface area contributed by atoms with Crippen molar-refractivity contribution in [1.82, 2.24) is 0 Å². The van der Waals surface area contributed by atoms with Gasteiger partial charge in [0.05, 0.1) is 5.38 Å². The van der Waals surface area contributed by atoms with Gasteiger partial charge in [-0.3, -0.25) is 0 Å². The van der Waals surface area contributed by atoms with Crippen molar-refractivity contribution in [1.29, 1.82) is 0 Å². The summed E-state index contributed by atoms with van der Waals surface area (Å²) in [7, 11) is 0. The van der Waals surface area contributed by atoms with Crippen molar-refractivity contribution in [3.63, 3.8) is 0 Å². The van der Waals surface area contributed by atoms with Crippen LogP contribution in [0.5, 0.6) is 0 Å². The Balaban J connectivity index is 2.12. The van der Waals surface area contributed by atoms with Gasteiger partial charge in [-0.2, -0.15) is 0 Å². The van der Waals surface area contributed by atoms with Gasteiger partial charge in [0, 0.05) is 5.02 Å². The summed E-state index contributed by atoms with van der Waals surface area (Å²) in [6.45, 7) is 4.15. The zero-order chi connectivity index (χ0) is 12.4. The molecule has 1 unspecified atom stereocenters. The molecule has 1 aliphatic carbocycles. The van der Waals surface area contributed by atoms with E-state index < -0.39 is 0 Å². The first-order valence-corrected chi connectivity index (χ1v) is 7.30. The second kappa shape index (κ2) is 5.63. The molecule has 0 spiro atoms. The Bertz CT molecular complexity index is 392. The molecule has 17 heavy (non-hydrogen) atoms. The molecule has 1 aromatic rings. The van der Waals surface area contributed by atoms with E-state index in [9.17, 15) is 0 Å². The lowest BCUT2D eigenvalue weighted by Gasteiger charge is -2.18. The van der Waals surface area contributed by atoms with Crippen LogP contribution in [0.3, 0.4) is 0 Å². The molecule has 2 rings (SSSR count). The van der Waals surface area contributed by atoms with E-state index in [1.165, 1.54) is 36.8 Å². The molecule has 1 saturated carbocycles. The van der Waals surface area contributed by atoms with Crippen LogP contribution in [-0.2, 0) is 0 Å². The van der Waals surface area contributed by atoms with Crippen molar-refractivity contribution in [3.8, 4) is 0 Å². The predicted octanol–water partition coefficient (Wildman–Crippen LogP) is 5.82. The van der Waals surface area contributed by atoms with Gasteiger partial charge in [0.15, 0.2) is 0 Å². The van der Waals surface area contributed by atoms with Crippen LogP contribution in [0.2, 0.25) is 5.02 Å². The highest BCUT2D eigenvalue weighted by Gasteiger charge is 2.21. The van der Waals surface area contributed by atoms with Crippen molar-refractivity contribution in [2.45, 2.75) is 51.3 Å². The van der Waals surface area contributed by atoms with E-state index >= 15 is 0 Å². The monoisotopic (exact) mass is 270 g/mol. The summed E-state index contributed by atoms with van der Waals surface area (Å²) >= 11 is 12.7. The Morgan fingerprint density at radius 3 is 2.47 bits per heavy atom. The van der Waals surface area contributed by atoms with Gasteiger partial charge in [0.1, 0.15) is 0 Å². The number of hydrogen-bond acceptors (Lipinski definition) is 0. The van der Waals surface area contributed by atoms with Crippen LogP contribution in [0, 0.1) is 19.8 Å². The van der Waals surface area contributed by atoms with Crippen molar-refractivity contribution < 1.29 is 0 Å². The third-order valence-corrected chi connectivity index (χ3v) is 4.72. The summed E-state index contributed by atoms with van der Waals surface area (Å²) in [5.41, 5.74) is 3.61. The standard InChI is InChI=1S/C15H20Cl2/c1-10-8-14(16)11(2)7-13(10)15(17)9-12-5-3-4-6-12/h7-8,12,15H,3-6,9H2,1-2H3. The van der Waals surface area contributed by atoms with Crippen molar-refractivity contribution in [2.75, 3.05) is 0 Å². The fourth-order valence-electron chi connectivity index (χ4n) is 2.81. The largest absolute Gasteiger partial charge is 0.118 e. The summed E-state index contributed by atoms with van der Waals surface area (Å²) < 4.78 is 0. The molecule has 2 heteroatoms. The van der Waals surface area contributed by atoms with Gasteiger partial charge < -0.3 is 0 Å². The lowest BCUT2D eigenvalue weighted by atomic mass is 9.94. The highest BCUT2D eigenvalue weighted by Crippen LogP contribution is 2.38. The average molecular weight is 271 g/mol. The number of benzene rings is 1. The molecule has 0 amide bonds. The molecular formula is C15H20Cl2. The molecule has 0 aromatic heterocycles. The molecule has 0 aliphatic heterocycles. The van der Waals surface area contributed by atoms with Crippen LogP contribution >= 0.6 is 23.2 Å². The van der Waals surface area contributed by atoms with Crippen molar-refractivity contribution in [3.05, 3.63) is 33.8 Å². The van der Waals surface area contributed by atoms with Crippen LogP contribution in [-0.4, -0.2) is 0 Å². The summed E-state index contributed by atoms with van der Waals surface area (Å²) in [4.78, 5) is 0. The second-order valence-electron chi connectivity index (χ2n) is 5.31. The minimum atomic E-state index is 0.147. The van der Waals surface area contributed by atoms with Crippen LogP contribution < -0.4 is 0 Å². The van der Waals surface area contributed by atoms with E-state index in [1.54, 1.807) is 0 Å². The van der Waals surface area contributed by atoms with E-state index in [0.717, 1.165) is 22.9 Å². The molecule has 1 atom stereocenters. The second-order valence-corrected chi connectivity index (χ2v) is 6.25. The maximum atomic E-state index is 6.57. The topological polar surface area (TPSA) is 0 Å². The molecule has 0 N–H and O–H groups in total. The molecule has 94 valence electrons. The van der Waals surface area contributed by atoms with Crippen LogP contribution in [0.4, 0.5) is 0 Å². The Kier molecular flexibility index (Phi) is 4.38. The Morgan fingerprint density at radius 1 is 1.18 bits per heavy atom. The summed E-state index contributed by atoms with van der Waals surface area (Å²) in [6, 6.07) is 4.19. The molecule has 1 fully saturated rings. The van der Waals surface area contributed by atoms with Gasteiger partial charge in [0.2, 0.25) is 0 Å². The SMILES string of the molecule is Cc1cc(C(Cl)CC2CCCC2)c(C)cc1Cl. The molecule has 1 aromatic carbocycles. The number of hydrogen-bond donors (Lipinski definition) is 0. The Morgan fingerprint density at radius 2 is 1.82 bits per heavy atom. The quantitative estimate of drug-likeness (QED) is 0.608. The minimum Gasteiger partial charge on any atom is -0.118 e. The highest BCUT2D eigenvalue weighted by molar-refractivity contribution is 6.31. The van der Waals surface area contributed by atoms with Gasteiger partial charge in [-0.15, -0.1) is 11.6 Å². The summed E-state index contributed by atoms with van der Waals surface area (Å²) in [5, 5.41) is 0.991. The van der Waals surface area contributed by atoms with E-state index in [0.29, 0.717) is 0 Å². The molecule has 0 bridgehead atoms. The van der Waals surface area contributed by atoms with Crippen molar-refractivity contribution in [2.24, 2.45) is 5.92 Å². The lowest BCUT2D eigenvalue weighted by molar-refractivity contribution is 0.495. The van der Waals surface area contributed by atoms with Gasteiger partial charge >= 0.3 is 0 Å². The molecule has 0 saturated heterocycles. The first-order valence-electron chi connectivity index (χ1n) is 6.48.